The molecular weight excluding hydrogens is 138 g/mol. The molecule has 1 aliphatic heterocycles. The monoisotopic (exact) mass is 157 g/mol. The van der Waals surface area contributed by atoms with Crippen LogP contribution < -0.4 is 0 Å². The second-order valence-electron chi connectivity index (χ2n) is 3.92. The van der Waals surface area contributed by atoms with Crippen LogP contribution in [-0.4, -0.2) is 35.2 Å². The lowest BCUT2D eigenvalue weighted by atomic mass is 9.96. The third-order valence-electron chi connectivity index (χ3n) is 2.62. The van der Waals surface area contributed by atoms with E-state index < -0.39 is 0 Å². The first-order valence-corrected chi connectivity index (χ1v) is 4.53. The van der Waals surface area contributed by atoms with Crippen LogP contribution in [0.1, 0.15) is 27.2 Å². The first kappa shape index (κ1) is 9.01. The van der Waals surface area contributed by atoms with E-state index in [1.54, 1.807) is 0 Å². The molecule has 0 saturated carbocycles. The molecule has 0 radical (unpaired) electrons. The third-order valence-corrected chi connectivity index (χ3v) is 2.62. The zero-order valence-electron chi connectivity index (χ0n) is 7.75. The summed E-state index contributed by atoms with van der Waals surface area (Å²) in [5.41, 5.74) is 0. The van der Waals surface area contributed by atoms with Crippen LogP contribution in [0.2, 0.25) is 0 Å². The summed E-state index contributed by atoms with van der Waals surface area (Å²) in [5, 5.41) is 9.45. The van der Waals surface area contributed by atoms with Crippen molar-refractivity contribution in [1.29, 1.82) is 0 Å². The van der Waals surface area contributed by atoms with Crippen molar-refractivity contribution in [1.82, 2.24) is 4.90 Å². The Balaban J connectivity index is 2.40. The molecule has 0 aromatic rings. The van der Waals surface area contributed by atoms with E-state index in [-0.39, 0.29) is 6.10 Å². The SMILES string of the molecule is CC1CN(C(C)C)CC[C@@H]1O. The first-order valence-electron chi connectivity index (χ1n) is 4.53. The molecule has 0 aliphatic carbocycles. The number of likely N-dealkylation sites (tertiary alicyclic amines) is 1. The molecule has 0 aromatic carbocycles. The number of aliphatic hydroxyl groups excluding tert-OH is 1. The minimum atomic E-state index is -0.0648. The molecule has 2 atom stereocenters. The van der Waals surface area contributed by atoms with Crippen molar-refractivity contribution in [2.24, 2.45) is 5.92 Å². The topological polar surface area (TPSA) is 23.5 Å². The number of hydrogen-bond donors (Lipinski definition) is 1. The summed E-state index contributed by atoms with van der Waals surface area (Å²) < 4.78 is 0. The molecule has 1 aliphatic rings. The van der Waals surface area contributed by atoms with Gasteiger partial charge in [0.15, 0.2) is 0 Å². The Hall–Kier alpha value is -0.0800. The highest BCUT2D eigenvalue weighted by Gasteiger charge is 2.24. The van der Waals surface area contributed by atoms with Crippen molar-refractivity contribution in [3.05, 3.63) is 0 Å². The predicted molar refractivity (Wildman–Crippen MR) is 46.5 cm³/mol. The fourth-order valence-corrected chi connectivity index (χ4v) is 1.63. The second-order valence-corrected chi connectivity index (χ2v) is 3.92. The standard InChI is InChI=1S/C9H19NO/c1-7(2)10-5-4-9(11)8(3)6-10/h7-9,11H,4-6H2,1-3H3/t8?,9-/m0/s1. The highest BCUT2D eigenvalue weighted by Crippen LogP contribution is 2.17. The van der Waals surface area contributed by atoms with E-state index in [1.165, 1.54) is 0 Å². The lowest BCUT2D eigenvalue weighted by molar-refractivity contribution is 0.0233. The molecule has 1 heterocycles. The maximum atomic E-state index is 9.45. The summed E-state index contributed by atoms with van der Waals surface area (Å²) in [6.45, 7) is 8.66. The molecule has 1 N–H and O–H groups in total. The summed E-state index contributed by atoms with van der Waals surface area (Å²) in [4.78, 5) is 2.43. The smallest absolute Gasteiger partial charge is 0.0590 e. The average molecular weight is 157 g/mol. The molecule has 11 heavy (non-hydrogen) atoms. The van der Waals surface area contributed by atoms with Crippen LogP contribution in [-0.2, 0) is 0 Å². The van der Waals surface area contributed by atoms with Gasteiger partial charge in [-0.05, 0) is 26.2 Å². The zero-order valence-corrected chi connectivity index (χ0v) is 7.75. The van der Waals surface area contributed by atoms with Crippen LogP contribution in [0.25, 0.3) is 0 Å². The molecule has 0 spiro atoms. The zero-order chi connectivity index (χ0) is 8.43. The van der Waals surface area contributed by atoms with Gasteiger partial charge in [0.05, 0.1) is 6.10 Å². The molecule has 1 unspecified atom stereocenters. The Morgan fingerprint density at radius 3 is 2.55 bits per heavy atom. The molecule has 1 saturated heterocycles. The van der Waals surface area contributed by atoms with E-state index in [9.17, 15) is 5.11 Å². The summed E-state index contributed by atoms with van der Waals surface area (Å²) in [6.07, 6.45) is 0.879. The van der Waals surface area contributed by atoms with Gasteiger partial charge in [0.25, 0.3) is 0 Å². The third kappa shape index (κ3) is 2.17. The van der Waals surface area contributed by atoms with Crippen LogP contribution in [0.15, 0.2) is 0 Å². The molecule has 66 valence electrons. The van der Waals surface area contributed by atoms with Gasteiger partial charge in [0.1, 0.15) is 0 Å². The van der Waals surface area contributed by atoms with Crippen molar-refractivity contribution < 1.29 is 5.11 Å². The Bertz CT molecular complexity index is 125. The number of nitrogens with zero attached hydrogens (tertiary/aromatic N) is 1. The molecule has 0 bridgehead atoms. The Morgan fingerprint density at radius 1 is 1.45 bits per heavy atom. The Labute approximate surface area is 69.2 Å². The van der Waals surface area contributed by atoms with Gasteiger partial charge in [0, 0.05) is 19.1 Å². The van der Waals surface area contributed by atoms with E-state index in [0.29, 0.717) is 12.0 Å². The highest BCUT2D eigenvalue weighted by molar-refractivity contribution is 4.78. The van der Waals surface area contributed by atoms with E-state index >= 15 is 0 Å². The number of hydrogen-bond acceptors (Lipinski definition) is 2. The lowest BCUT2D eigenvalue weighted by Crippen LogP contribution is -2.44. The number of piperidine rings is 1. The van der Waals surface area contributed by atoms with Gasteiger partial charge in [-0.25, -0.2) is 0 Å². The second kappa shape index (κ2) is 3.55. The molecule has 2 nitrogen and oxygen atoms in total. The van der Waals surface area contributed by atoms with E-state index in [1.807, 2.05) is 0 Å². The van der Waals surface area contributed by atoms with Gasteiger partial charge in [-0.2, -0.15) is 0 Å². The van der Waals surface area contributed by atoms with Crippen molar-refractivity contribution in [2.45, 2.75) is 39.3 Å². The van der Waals surface area contributed by atoms with Gasteiger partial charge < -0.3 is 10.0 Å². The predicted octanol–water partition coefficient (Wildman–Crippen LogP) is 1.10. The van der Waals surface area contributed by atoms with E-state index in [2.05, 4.69) is 25.7 Å². The maximum Gasteiger partial charge on any atom is 0.0590 e. The number of rotatable bonds is 1. The lowest BCUT2D eigenvalue weighted by Gasteiger charge is -2.36. The van der Waals surface area contributed by atoms with Gasteiger partial charge in [0.2, 0.25) is 0 Å². The molecule has 2 heteroatoms. The molecule has 1 rings (SSSR count). The van der Waals surface area contributed by atoms with E-state index in [0.717, 1.165) is 19.5 Å². The summed E-state index contributed by atoms with van der Waals surface area (Å²) in [5.74, 6) is 0.450. The van der Waals surface area contributed by atoms with E-state index in [4.69, 9.17) is 0 Å². The van der Waals surface area contributed by atoms with Gasteiger partial charge >= 0.3 is 0 Å². The quantitative estimate of drug-likeness (QED) is 0.616. The van der Waals surface area contributed by atoms with Crippen molar-refractivity contribution in [3.8, 4) is 0 Å². The average Bonchev–Trinajstić information content (AvgIpc) is 1.94. The normalized spacial score (nSPS) is 34.6. The minimum absolute atomic E-state index is 0.0648. The molecular formula is C9H19NO. The Morgan fingerprint density at radius 2 is 2.09 bits per heavy atom. The molecule has 0 aromatic heterocycles. The van der Waals surface area contributed by atoms with Gasteiger partial charge in [-0.3, -0.25) is 0 Å². The van der Waals surface area contributed by atoms with Crippen molar-refractivity contribution >= 4 is 0 Å². The van der Waals surface area contributed by atoms with Crippen LogP contribution in [0.5, 0.6) is 0 Å². The summed E-state index contributed by atoms with van der Waals surface area (Å²) in [7, 11) is 0. The van der Waals surface area contributed by atoms with Crippen LogP contribution in [0.3, 0.4) is 0 Å². The van der Waals surface area contributed by atoms with Crippen LogP contribution in [0.4, 0.5) is 0 Å². The van der Waals surface area contributed by atoms with Gasteiger partial charge in [-0.15, -0.1) is 0 Å². The first-order chi connectivity index (χ1) is 5.11. The number of aliphatic hydroxyl groups is 1. The fraction of sp³-hybridized carbons (Fsp3) is 1.00. The van der Waals surface area contributed by atoms with Crippen LogP contribution in [0, 0.1) is 5.92 Å². The maximum absolute atomic E-state index is 9.45. The van der Waals surface area contributed by atoms with Gasteiger partial charge in [-0.1, -0.05) is 6.92 Å². The van der Waals surface area contributed by atoms with Crippen molar-refractivity contribution in [2.75, 3.05) is 13.1 Å². The summed E-state index contributed by atoms with van der Waals surface area (Å²) in [6, 6.07) is 0.630. The van der Waals surface area contributed by atoms with Crippen LogP contribution >= 0.6 is 0 Å². The minimum Gasteiger partial charge on any atom is -0.393 e. The molecule has 1 fully saturated rings. The Kier molecular flexibility index (Phi) is 2.90. The highest BCUT2D eigenvalue weighted by atomic mass is 16.3. The molecule has 0 amide bonds. The van der Waals surface area contributed by atoms with Crippen molar-refractivity contribution in [3.63, 3.8) is 0 Å². The fourth-order valence-electron chi connectivity index (χ4n) is 1.63. The largest absolute Gasteiger partial charge is 0.393 e. The summed E-state index contributed by atoms with van der Waals surface area (Å²) >= 11 is 0.